The molecule has 0 saturated heterocycles. The lowest BCUT2D eigenvalue weighted by molar-refractivity contribution is 0.482. The molecule has 0 saturated carbocycles. The van der Waals surface area contributed by atoms with Crippen molar-refractivity contribution < 1.29 is 9.15 Å². The Labute approximate surface area is 131 Å². The highest BCUT2D eigenvalue weighted by Gasteiger charge is 2.13. The van der Waals surface area contributed by atoms with E-state index in [1.54, 1.807) is 0 Å². The molecule has 3 aromatic rings. The molecule has 0 atom stereocenters. The number of hydrogen-bond donors (Lipinski definition) is 0. The average Bonchev–Trinajstić information content (AvgIpc) is 2.97. The Morgan fingerprint density at radius 3 is 2.62 bits per heavy atom. The van der Waals surface area contributed by atoms with Gasteiger partial charge in [-0.15, -0.1) is 0 Å². The molecule has 0 aliphatic carbocycles. The molecule has 0 unspecified atom stereocenters. The summed E-state index contributed by atoms with van der Waals surface area (Å²) in [7, 11) is 0. The second-order valence-electron chi connectivity index (χ2n) is 4.54. The zero-order valence-corrected chi connectivity index (χ0v) is 13.1. The lowest BCUT2D eigenvalue weighted by Gasteiger charge is -2.08. The molecule has 21 heavy (non-hydrogen) atoms. The number of hydrogen-bond acceptors (Lipinski definition) is 3. The lowest BCUT2D eigenvalue weighted by atomic mass is 10.1. The van der Waals surface area contributed by atoms with Crippen LogP contribution in [-0.2, 0) is 6.42 Å². The van der Waals surface area contributed by atoms with Crippen LogP contribution in [0.2, 0.25) is 0 Å². The van der Waals surface area contributed by atoms with Crippen LogP contribution in [0.5, 0.6) is 11.5 Å². The van der Waals surface area contributed by atoms with Crippen LogP contribution in [-0.4, -0.2) is 4.98 Å². The van der Waals surface area contributed by atoms with Gasteiger partial charge >= 0.3 is 0 Å². The average molecular weight is 344 g/mol. The first kappa shape index (κ1) is 13.9. The van der Waals surface area contributed by atoms with Crippen LogP contribution in [0.3, 0.4) is 0 Å². The minimum atomic E-state index is 0.773. The van der Waals surface area contributed by atoms with Crippen molar-refractivity contribution in [1.82, 2.24) is 4.98 Å². The molecule has 0 aliphatic rings. The largest absolute Gasteiger partial charge is 0.457 e. The fourth-order valence-electron chi connectivity index (χ4n) is 2.11. The normalized spacial score (nSPS) is 10.6. The smallest absolute Gasteiger partial charge is 0.181 e. The maximum Gasteiger partial charge on any atom is 0.181 e. The first-order valence-corrected chi connectivity index (χ1v) is 7.52. The highest BCUT2D eigenvalue weighted by atomic mass is 79.9. The van der Waals surface area contributed by atoms with Gasteiger partial charge in [0, 0.05) is 10.0 Å². The molecular weight excluding hydrogens is 330 g/mol. The Bertz CT molecular complexity index is 738. The van der Waals surface area contributed by atoms with E-state index in [0.29, 0.717) is 0 Å². The zero-order chi connectivity index (χ0) is 14.7. The summed E-state index contributed by atoms with van der Waals surface area (Å²) in [6.45, 7) is 2.06. The molecular formula is C17H14BrNO2. The van der Waals surface area contributed by atoms with Crippen molar-refractivity contribution in [2.45, 2.75) is 13.3 Å². The van der Waals surface area contributed by atoms with E-state index in [0.717, 1.165) is 39.4 Å². The summed E-state index contributed by atoms with van der Waals surface area (Å²) in [6, 6.07) is 15.5. The number of oxazole rings is 1. The van der Waals surface area contributed by atoms with E-state index in [2.05, 4.69) is 27.8 Å². The molecule has 0 N–H and O–H groups in total. The maximum atomic E-state index is 5.81. The number of rotatable bonds is 4. The topological polar surface area (TPSA) is 35.3 Å². The molecule has 4 heteroatoms. The van der Waals surface area contributed by atoms with Crippen LogP contribution < -0.4 is 4.74 Å². The van der Waals surface area contributed by atoms with Gasteiger partial charge in [0.05, 0.1) is 5.69 Å². The van der Waals surface area contributed by atoms with Crippen LogP contribution in [0.1, 0.15) is 12.6 Å². The second kappa shape index (κ2) is 6.14. The van der Waals surface area contributed by atoms with Gasteiger partial charge in [0.25, 0.3) is 0 Å². The summed E-state index contributed by atoms with van der Waals surface area (Å²) in [5.74, 6) is 2.39. The highest BCUT2D eigenvalue weighted by Crippen LogP contribution is 2.34. The quantitative estimate of drug-likeness (QED) is 0.630. The predicted molar refractivity (Wildman–Crippen MR) is 85.5 cm³/mol. The predicted octanol–water partition coefficient (Wildman–Crippen LogP) is 5.46. The monoisotopic (exact) mass is 343 g/mol. The van der Waals surface area contributed by atoms with E-state index in [1.807, 2.05) is 48.5 Å². The van der Waals surface area contributed by atoms with E-state index < -0.39 is 0 Å². The van der Waals surface area contributed by atoms with E-state index >= 15 is 0 Å². The third-order valence-corrected chi connectivity index (χ3v) is 3.80. The van der Waals surface area contributed by atoms with Crippen LogP contribution >= 0.6 is 15.9 Å². The SMILES string of the molecule is CCc1ncoc1-c1ccc(Oc2ccccc2)cc1Br. The van der Waals surface area contributed by atoms with Gasteiger partial charge in [-0.1, -0.05) is 25.1 Å². The molecule has 1 heterocycles. The lowest BCUT2D eigenvalue weighted by Crippen LogP contribution is -1.88. The van der Waals surface area contributed by atoms with Crippen molar-refractivity contribution in [2.24, 2.45) is 0 Å². The number of halogens is 1. The van der Waals surface area contributed by atoms with E-state index in [4.69, 9.17) is 9.15 Å². The highest BCUT2D eigenvalue weighted by molar-refractivity contribution is 9.10. The summed E-state index contributed by atoms with van der Waals surface area (Å²) in [5, 5.41) is 0. The van der Waals surface area contributed by atoms with Gasteiger partial charge in [-0.05, 0) is 52.7 Å². The molecule has 106 valence electrons. The van der Waals surface area contributed by atoms with Crippen LogP contribution in [0.25, 0.3) is 11.3 Å². The molecule has 0 spiro atoms. The Balaban J connectivity index is 1.90. The van der Waals surface area contributed by atoms with Gasteiger partial charge in [-0.2, -0.15) is 0 Å². The summed E-state index contributed by atoms with van der Waals surface area (Å²) in [6.07, 6.45) is 2.32. The summed E-state index contributed by atoms with van der Waals surface area (Å²) in [4.78, 5) is 4.22. The summed E-state index contributed by atoms with van der Waals surface area (Å²) >= 11 is 3.58. The minimum Gasteiger partial charge on any atom is -0.457 e. The van der Waals surface area contributed by atoms with E-state index in [-0.39, 0.29) is 0 Å². The van der Waals surface area contributed by atoms with Crippen LogP contribution in [0, 0.1) is 0 Å². The molecule has 3 rings (SSSR count). The number of para-hydroxylation sites is 1. The van der Waals surface area contributed by atoms with Crippen LogP contribution in [0.4, 0.5) is 0 Å². The van der Waals surface area contributed by atoms with Gasteiger partial charge < -0.3 is 9.15 Å². The Morgan fingerprint density at radius 1 is 1.10 bits per heavy atom. The Morgan fingerprint density at radius 2 is 1.90 bits per heavy atom. The van der Waals surface area contributed by atoms with Crippen molar-refractivity contribution in [2.75, 3.05) is 0 Å². The number of aryl methyl sites for hydroxylation is 1. The third kappa shape index (κ3) is 3.00. The van der Waals surface area contributed by atoms with Crippen molar-refractivity contribution in [3.63, 3.8) is 0 Å². The van der Waals surface area contributed by atoms with Gasteiger partial charge in [-0.25, -0.2) is 4.98 Å². The molecule has 2 aromatic carbocycles. The summed E-state index contributed by atoms with van der Waals surface area (Å²) in [5.41, 5.74) is 1.93. The van der Waals surface area contributed by atoms with Crippen molar-refractivity contribution in [1.29, 1.82) is 0 Å². The fraction of sp³-hybridized carbons (Fsp3) is 0.118. The van der Waals surface area contributed by atoms with Crippen molar-refractivity contribution in [3.05, 3.63) is 65.1 Å². The zero-order valence-electron chi connectivity index (χ0n) is 11.5. The number of benzene rings is 2. The number of ether oxygens (including phenoxy) is 1. The van der Waals surface area contributed by atoms with Crippen LogP contribution in [0.15, 0.2) is 63.8 Å². The Hall–Kier alpha value is -2.07. The van der Waals surface area contributed by atoms with Gasteiger partial charge in [0.1, 0.15) is 11.5 Å². The number of nitrogens with zero attached hydrogens (tertiary/aromatic N) is 1. The van der Waals surface area contributed by atoms with E-state index in [9.17, 15) is 0 Å². The first-order chi connectivity index (χ1) is 10.3. The van der Waals surface area contributed by atoms with Crippen molar-refractivity contribution >= 4 is 15.9 Å². The standard InChI is InChI=1S/C17H14BrNO2/c1-2-16-17(20-11-19-16)14-9-8-13(10-15(14)18)21-12-6-4-3-5-7-12/h3-11H,2H2,1H3. The second-order valence-corrected chi connectivity index (χ2v) is 5.39. The molecule has 0 radical (unpaired) electrons. The van der Waals surface area contributed by atoms with Crippen molar-refractivity contribution in [3.8, 4) is 22.8 Å². The van der Waals surface area contributed by atoms with Gasteiger partial charge in [0.15, 0.2) is 12.2 Å². The molecule has 3 nitrogen and oxygen atoms in total. The maximum absolute atomic E-state index is 5.81. The summed E-state index contributed by atoms with van der Waals surface area (Å²) < 4.78 is 12.2. The molecule has 1 aromatic heterocycles. The number of aromatic nitrogens is 1. The molecule has 0 aliphatic heterocycles. The Kier molecular flexibility index (Phi) is 4.06. The van der Waals surface area contributed by atoms with Gasteiger partial charge in [-0.3, -0.25) is 0 Å². The molecule has 0 fully saturated rings. The molecule has 0 bridgehead atoms. The first-order valence-electron chi connectivity index (χ1n) is 6.73. The fourth-order valence-corrected chi connectivity index (χ4v) is 2.65. The molecule has 0 amide bonds. The third-order valence-electron chi connectivity index (χ3n) is 3.14. The van der Waals surface area contributed by atoms with Gasteiger partial charge in [0.2, 0.25) is 0 Å². The minimum absolute atomic E-state index is 0.773. The van der Waals surface area contributed by atoms with E-state index in [1.165, 1.54) is 6.39 Å².